The smallest absolute Gasteiger partial charge is 0.282 e. The van der Waals surface area contributed by atoms with E-state index in [0.29, 0.717) is 10.5 Å². The molecule has 0 amide bonds. The van der Waals surface area contributed by atoms with Gasteiger partial charge in [0.25, 0.3) is 10.0 Å². The van der Waals surface area contributed by atoms with Gasteiger partial charge in [0.15, 0.2) is 9.76 Å². The van der Waals surface area contributed by atoms with Crippen LogP contribution in [0.25, 0.3) is 0 Å². The second-order valence-electron chi connectivity index (χ2n) is 1.61. The summed E-state index contributed by atoms with van der Waals surface area (Å²) < 4.78 is 9.85. The molecule has 1 unspecified atom stereocenters. The average Bonchev–Trinajstić information content (AvgIpc) is 1.89. The number of aliphatic hydroxyl groups is 2. The SMILES string of the molecule is OCC(O)[SiH2]O[SiH2]O[SiH3]. The van der Waals surface area contributed by atoms with Crippen LogP contribution in [0.3, 0.4) is 0 Å². The van der Waals surface area contributed by atoms with Gasteiger partial charge in [0.2, 0.25) is 0 Å². The van der Waals surface area contributed by atoms with E-state index >= 15 is 0 Å². The van der Waals surface area contributed by atoms with Crippen LogP contribution >= 0.6 is 0 Å². The summed E-state index contributed by atoms with van der Waals surface area (Å²) >= 11 is 0. The molecule has 0 aliphatic carbocycles. The molecule has 0 aliphatic heterocycles. The van der Waals surface area contributed by atoms with Crippen molar-refractivity contribution in [3.63, 3.8) is 0 Å². The summed E-state index contributed by atoms with van der Waals surface area (Å²) in [6.07, 6.45) is 0. The van der Waals surface area contributed by atoms with E-state index in [1.807, 2.05) is 0 Å². The predicted octanol–water partition coefficient (Wildman–Crippen LogP) is -4.31. The average molecular weight is 184 g/mol. The Labute approximate surface area is 61.7 Å². The fraction of sp³-hybridized carbons (Fsp3) is 1.00. The maximum Gasteiger partial charge on any atom is 0.282 e. The zero-order chi connectivity index (χ0) is 7.11. The summed E-state index contributed by atoms with van der Waals surface area (Å²) in [7, 11) is -0.973. The van der Waals surface area contributed by atoms with Crippen LogP contribution < -0.4 is 0 Å². The van der Waals surface area contributed by atoms with Crippen LogP contribution in [-0.2, 0) is 8.23 Å². The lowest BCUT2D eigenvalue weighted by molar-refractivity contribution is 0.144. The summed E-state index contributed by atoms with van der Waals surface area (Å²) in [5, 5.41) is 17.1. The third-order valence-corrected chi connectivity index (χ3v) is 3.92. The summed E-state index contributed by atoms with van der Waals surface area (Å²) in [5.41, 5.74) is -0.602. The molecule has 0 spiro atoms. The van der Waals surface area contributed by atoms with Gasteiger partial charge in [-0.15, -0.1) is 0 Å². The number of hydrogen-bond donors (Lipinski definition) is 2. The van der Waals surface area contributed by atoms with E-state index in [0.717, 1.165) is 0 Å². The molecule has 0 aliphatic rings. The highest BCUT2D eigenvalue weighted by Gasteiger charge is 2.00. The minimum Gasteiger partial charge on any atom is -0.449 e. The number of rotatable bonds is 5. The van der Waals surface area contributed by atoms with Gasteiger partial charge in [-0.2, -0.15) is 0 Å². The van der Waals surface area contributed by atoms with E-state index in [1.54, 1.807) is 0 Å². The lowest BCUT2D eigenvalue weighted by atomic mass is 10.8. The molecule has 0 rings (SSSR count). The monoisotopic (exact) mass is 184 g/mol. The van der Waals surface area contributed by atoms with Crippen LogP contribution in [0.2, 0.25) is 0 Å². The van der Waals surface area contributed by atoms with E-state index in [1.165, 1.54) is 0 Å². The van der Waals surface area contributed by atoms with Crippen molar-refractivity contribution in [1.29, 1.82) is 0 Å². The Morgan fingerprint density at radius 2 is 2.33 bits per heavy atom. The van der Waals surface area contributed by atoms with Crippen LogP contribution in [0.15, 0.2) is 0 Å². The number of hydrogen-bond acceptors (Lipinski definition) is 4. The maximum atomic E-state index is 8.75. The first-order chi connectivity index (χ1) is 4.31. The fourth-order valence-corrected chi connectivity index (χ4v) is 4.07. The topological polar surface area (TPSA) is 58.9 Å². The van der Waals surface area contributed by atoms with E-state index in [9.17, 15) is 0 Å². The second-order valence-corrected chi connectivity index (χ2v) is 7.07. The van der Waals surface area contributed by atoms with Gasteiger partial charge in [-0.3, -0.25) is 0 Å². The molecular weight excluding hydrogens is 172 g/mol. The molecule has 4 nitrogen and oxygen atoms in total. The van der Waals surface area contributed by atoms with Crippen molar-refractivity contribution in [2.45, 2.75) is 5.73 Å². The Kier molecular flexibility index (Phi) is 6.97. The maximum absolute atomic E-state index is 8.75. The van der Waals surface area contributed by atoms with Crippen molar-refractivity contribution in [1.82, 2.24) is 0 Å². The Balaban J connectivity index is 2.88. The highest BCUT2D eigenvalue weighted by Crippen LogP contribution is 1.77. The van der Waals surface area contributed by atoms with Crippen LogP contribution in [-0.4, -0.2) is 52.8 Å². The van der Waals surface area contributed by atoms with Gasteiger partial charge in [0.1, 0.15) is 10.5 Å². The lowest BCUT2D eigenvalue weighted by Gasteiger charge is -2.05. The van der Waals surface area contributed by atoms with E-state index < -0.39 is 25.5 Å². The standard InChI is InChI=1S/C2H12O4Si3/c3-1-2(4)8-6-9-5-7/h2-4H,1,8-9H2,7H3. The van der Waals surface area contributed by atoms with Crippen LogP contribution in [0.5, 0.6) is 0 Å². The van der Waals surface area contributed by atoms with Crippen LogP contribution in [0.1, 0.15) is 0 Å². The first kappa shape index (κ1) is 9.49. The molecule has 0 saturated carbocycles. The van der Waals surface area contributed by atoms with Gasteiger partial charge in [0.05, 0.1) is 12.3 Å². The Hall–Kier alpha value is 0.491. The predicted molar refractivity (Wildman–Crippen MR) is 42.3 cm³/mol. The second kappa shape index (κ2) is 6.61. The summed E-state index contributed by atoms with van der Waals surface area (Å²) in [5.74, 6) is 0. The Bertz CT molecular complexity index is 61.8. The molecule has 0 saturated heterocycles. The molecule has 2 N–H and O–H groups in total. The quantitative estimate of drug-likeness (QED) is 0.335. The van der Waals surface area contributed by atoms with Crippen molar-refractivity contribution in [2.24, 2.45) is 0 Å². The van der Waals surface area contributed by atoms with Crippen molar-refractivity contribution in [3.8, 4) is 0 Å². The first-order valence-electron chi connectivity index (χ1n) is 2.67. The van der Waals surface area contributed by atoms with Crippen molar-refractivity contribution in [2.75, 3.05) is 6.61 Å². The third-order valence-electron chi connectivity index (χ3n) is 0.722. The van der Waals surface area contributed by atoms with E-state index in [-0.39, 0.29) is 6.61 Å². The van der Waals surface area contributed by atoms with E-state index in [4.69, 9.17) is 18.4 Å². The lowest BCUT2D eigenvalue weighted by Crippen LogP contribution is -2.24. The molecule has 0 radical (unpaired) electrons. The van der Waals surface area contributed by atoms with Crippen LogP contribution in [0.4, 0.5) is 0 Å². The molecule has 1 atom stereocenters. The molecule has 0 aromatic carbocycles. The third kappa shape index (κ3) is 6.37. The molecule has 0 fully saturated rings. The van der Waals surface area contributed by atoms with Gasteiger partial charge >= 0.3 is 0 Å². The molecular formula is C2H12O4Si3. The van der Waals surface area contributed by atoms with Gasteiger partial charge in [-0.25, -0.2) is 0 Å². The molecule has 7 heteroatoms. The highest BCUT2D eigenvalue weighted by atomic mass is 28.3. The van der Waals surface area contributed by atoms with Gasteiger partial charge < -0.3 is 18.4 Å². The Morgan fingerprint density at radius 3 is 2.78 bits per heavy atom. The first-order valence-corrected chi connectivity index (χ1v) is 6.03. The molecule has 56 valence electrons. The van der Waals surface area contributed by atoms with Crippen molar-refractivity contribution in [3.05, 3.63) is 0 Å². The molecule has 0 bridgehead atoms. The summed E-state index contributed by atoms with van der Waals surface area (Å²) in [4.78, 5) is 0. The molecule has 9 heavy (non-hydrogen) atoms. The molecule has 0 aromatic rings. The molecule has 0 aromatic heterocycles. The van der Waals surface area contributed by atoms with Gasteiger partial charge in [0, 0.05) is 0 Å². The fourth-order valence-electron chi connectivity index (χ4n) is 0.320. The highest BCUT2D eigenvalue weighted by molar-refractivity contribution is 6.42. The van der Waals surface area contributed by atoms with Crippen LogP contribution in [0, 0.1) is 0 Å². The summed E-state index contributed by atoms with van der Waals surface area (Å²) in [6.45, 7) is -0.179. The van der Waals surface area contributed by atoms with Crippen molar-refractivity contribution < 1.29 is 18.4 Å². The van der Waals surface area contributed by atoms with Gasteiger partial charge in [-0.1, -0.05) is 0 Å². The van der Waals surface area contributed by atoms with E-state index in [2.05, 4.69) is 0 Å². The number of aliphatic hydroxyl groups excluding tert-OH is 2. The Morgan fingerprint density at radius 1 is 1.67 bits per heavy atom. The normalized spacial score (nSPS) is 16.7. The minimum atomic E-state index is -0.911. The minimum absolute atomic E-state index is 0.179. The zero-order valence-corrected chi connectivity index (χ0v) is 10.2. The van der Waals surface area contributed by atoms with Crippen molar-refractivity contribution >= 4 is 30.3 Å². The molecule has 0 heterocycles. The summed E-state index contributed by atoms with van der Waals surface area (Å²) in [6, 6.07) is 0. The largest absolute Gasteiger partial charge is 0.449 e. The van der Waals surface area contributed by atoms with Gasteiger partial charge in [-0.05, 0) is 0 Å². The zero-order valence-electron chi connectivity index (χ0n) is 5.41.